The van der Waals surface area contributed by atoms with Crippen LogP contribution in [-0.2, 0) is 4.57 Å². The molecule has 3 aromatic rings. The molecule has 0 bridgehead atoms. The number of anilines is 2. The Hall–Kier alpha value is -2.45. The van der Waals surface area contributed by atoms with Crippen molar-refractivity contribution in [1.82, 2.24) is 20.0 Å². The molecule has 11 heteroatoms. The molecule has 0 radical (unpaired) electrons. The van der Waals surface area contributed by atoms with E-state index >= 15 is 0 Å². The number of aromatic nitrogens is 2. The first-order valence-corrected chi connectivity index (χ1v) is 13.5. The van der Waals surface area contributed by atoms with Crippen LogP contribution < -0.4 is 19.9 Å². The second-order valence-electron chi connectivity index (χ2n) is 8.10. The molecule has 1 aliphatic heterocycles. The lowest BCUT2D eigenvalue weighted by Crippen LogP contribution is -2.38. The van der Waals surface area contributed by atoms with Crippen molar-refractivity contribution < 1.29 is 18.4 Å². The number of halogens is 2. The Morgan fingerprint density at radius 1 is 1.18 bits per heavy atom. The lowest BCUT2D eigenvalue weighted by Gasteiger charge is -2.31. The van der Waals surface area contributed by atoms with E-state index in [1.54, 1.807) is 26.3 Å². The number of nitrogens with zero attached hydrogens (tertiary/aromatic N) is 3. The largest absolute Gasteiger partial charge is 0.493 e. The second kappa shape index (κ2) is 10.9. The topological polar surface area (TPSA) is 88.6 Å². The molecule has 0 aliphatic carbocycles. The summed E-state index contributed by atoms with van der Waals surface area (Å²) >= 11 is 5.91. The van der Waals surface area contributed by atoms with Crippen molar-refractivity contribution >= 4 is 41.3 Å². The van der Waals surface area contributed by atoms with Gasteiger partial charge in [-0.2, -0.15) is 0 Å². The van der Waals surface area contributed by atoms with Gasteiger partial charge in [0.15, 0.2) is 11.5 Å². The van der Waals surface area contributed by atoms with Gasteiger partial charge in [0.25, 0.3) is 0 Å². The molecular formula is C23H28ClFN5O3P. The monoisotopic (exact) mass is 507 g/mol. The second-order valence-corrected chi connectivity index (χ2v) is 11.6. The maximum atomic E-state index is 13.5. The number of hydrogen-bond donors (Lipinski definition) is 2. The predicted octanol–water partition coefficient (Wildman–Crippen LogP) is 4.76. The molecule has 0 saturated carbocycles. The molecule has 0 unspecified atom stereocenters. The van der Waals surface area contributed by atoms with Crippen molar-refractivity contribution in [2.45, 2.75) is 6.42 Å². The molecule has 0 atom stereocenters. The van der Waals surface area contributed by atoms with Gasteiger partial charge in [-0.1, -0.05) is 11.6 Å². The van der Waals surface area contributed by atoms with Crippen LogP contribution in [0, 0.1) is 5.82 Å². The molecule has 2 heterocycles. The summed E-state index contributed by atoms with van der Waals surface area (Å²) < 4.78 is 37.5. The first kappa shape index (κ1) is 24.7. The van der Waals surface area contributed by atoms with E-state index in [1.165, 1.54) is 18.5 Å². The van der Waals surface area contributed by atoms with Crippen LogP contribution in [0.5, 0.6) is 11.5 Å². The van der Waals surface area contributed by atoms with Crippen molar-refractivity contribution in [1.29, 1.82) is 0 Å². The molecule has 4 rings (SSSR count). The highest BCUT2D eigenvalue weighted by Crippen LogP contribution is 2.42. The molecule has 2 aromatic carbocycles. The van der Waals surface area contributed by atoms with Crippen LogP contribution in [0.15, 0.2) is 36.7 Å². The fourth-order valence-corrected chi connectivity index (χ4v) is 5.96. The van der Waals surface area contributed by atoms with Gasteiger partial charge in [0.1, 0.15) is 25.3 Å². The van der Waals surface area contributed by atoms with Crippen LogP contribution in [-0.4, -0.2) is 67.6 Å². The van der Waals surface area contributed by atoms with E-state index in [1.807, 2.05) is 6.07 Å². The summed E-state index contributed by atoms with van der Waals surface area (Å²) in [6.45, 7) is 3.04. The maximum absolute atomic E-state index is 13.5. The Kier molecular flexibility index (Phi) is 7.88. The van der Waals surface area contributed by atoms with Crippen molar-refractivity contribution in [3.8, 4) is 11.5 Å². The molecule has 1 aromatic heterocycles. The third-order valence-electron chi connectivity index (χ3n) is 5.94. The number of ether oxygens (including phenoxy) is 2. The van der Waals surface area contributed by atoms with Crippen LogP contribution in [0.1, 0.15) is 6.42 Å². The molecule has 2 N–H and O–H groups in total. The van der Waals surface area contributed by atoms with Crippen LogP contribution in [0.25, 0.3) is 10.9 Å². The van der Waals surface area contributed by atoms with Gasteiger partial charge in [-0.05, 0) is 37.7 Å². The van der Waals surface area contributed by atoms with E-state index in [0.717, 1.165) is 31.4 Å². The normalized spacial score (nSPS) is 15.9. The third kappa shape index (κ3) is 5.78. The van der Waals surface area contributed by atoms with Gasteiger partial charge in [-0.25, -0.2) is 14.4 Å². The molecule has 0 amide bonds. The fourth-order valence-electron chi connectivity index (χ4n) is 3.89. The van der Waals surface area contributed by atoms with Gasteiger partial charge in [0, 0.05) is 49.1 Å². The van der Waals surface area contributed by atoms with E-state index in [4.69, 9.17) is 21.1 Å². The number of nitrogens with one attached hydrogen (secondary N) is 2. The number of hydrogen-bond acceptors (Lipinski definition) is 7. The smallest absolute Gasteiger partial charge is 0.162 e. The molecular weight excluding hydrogens is 480 g/mol. The van der Waals surface area contributed by atoms with Crippen molar-refractivity contribution in [3.63, 3.8) is 0 Å². The minimum Gasteiger partial charge on any atom is -0.493 e. The summed E-state index contributed by atoms with van der Waals surface area (Å²) in [5, 5.41) is 6.92. The van der Waals surface area contributed by atoms with Crippen LogP contribution >= 0.6 is 18.9 Å². The van der Waals surface area contributed by atoms with E-state index < -0.39 is 13.1 Å². The third-order valence-corrected chi connectivity index (χ3v) is 8.89. The van der Waals surface area contributed by atoms with E-state index in [-0.39, 0.29) is 5.02 Å². The van der Waals surface area contributed by atoms with Crippen molar-refractivity contribution in [3.05, 3.63) is 47.5 Å². The zero-order chi connectivity index (χ0) is 24.1. The SMILES string of the molecule is CNP1(=O)CCN(CCCOc2cc3c(Nc4ccc(F)c(Cl)c4)ncnc3cc2OC)CC1. The van der Waals surface area contributed by atoms with E-state index in [0.29, 0.717) is 47.5 Å². The Morgan fingerprint density at radius 3 is 2.68 bits per heavy atom. The molecule has 1 saturated heterocycles. The lowest BCUT2D eigenvalue weighted by molar-refractivity contribution is 0.239. The van der Waals surface area contributed by atoms with Gasteiger partial charge in [0.2, 0.25) is 0 Å². The average molecular weight is 508 g/mol. The first-order valence-electron chi connectivity index (χ1n) is 11.1. The van der Waals surface area contributed by atoms with Gasteiger partial charge in [-0.3, -0.25) is 5.09 Å². The van der Waals surface area contributed by atoms with Crippen LogP contribution in [0.4, 0.5) is 15.9 Å². The van der Waals surface area contributed by atoms with E-state index in [9.17, 15) is 8.96 Å². The number of rotatable bonds is 9. The fraction of sp³-hybridized carbons (Fsp3) is 0.391. The molecule has 1 aliphatic rings. The quantitative estimate of drug-likeness (QED) is 0.317. The van der Waals surface area contributed by atoms with Gasteiger partial charge >= 0.3 is 0 Å². The molecule has 182 valence electrons. The standard InChI is InChI=1S/C23H28ClFN5O3P/c1-26-34(31)10-7-30(8-11-34)6-3-9-33-22-13-17-20(14-21(22)32-2)27-15-28-23(17)29-16-4-5-19(25)18(24)12-16/h4-5,12-15H,3,6-11H2,1-2H3,(H,26,31)(H,27,28,29). The highest BCUT2D eigenvalue weighted by Gasteiger charge is 2.26. The summed E-state index contributed by atoms with van der Waals surface area (Å²) in [5.41, 5.74) is 1.28. The highest BCUT2D eigenvalue weighted by atomic mass is 35.5. The molecule has 8 nitrogen and oxygen atoms in total. The van der Waals surface area contributed by atoms with Gasteiger partial charge in [-0.15, -0.1) is 0 Å². The van der Waals surface area contributed by atoms with Gasteiger partial charge in [0.05, 0.1) is 24.3 Å². The number of methoxy groups -OCH3 is 1. The average Bonchev–Trinajstić information content (AvgIpc) is 2.85. The minimum absolute atomic E-state index is 0.0246. The Bertz CT molecular complexity index is 1200. The summed E-state index contributed by atoms with van der Waals surface area (Å²) in [6, 6.07) is 8.03. The molecule has 0 spiro atoms. The zero-order valence-corrected chi connectivity index (χ0v) is 20.8. The summed E-state index contributed by atoms with van der Waals surface area (Å²) in [6.07, 6.45) is 3.69. The summed E-state index contributed by atoms with van der Waals surface area (Å²) in [7, 11) is 1.19. The maximum Gasteiger partial charge on any atom is 0.162 e. The first-order chi connectivity index (χ1) is 16.4. The lowest BCUT2D eigenvalue weighted by atomic mass is 10.2. The Labute approximate surface area is 203 Å². The Balaban J connectivity index is 1.44. The van der Waals surface area contributed by atoms with Crippen molar-refractivity contribution in [2.75, 3.05) is 58.0 Å². The number of benzene rings is 2. The predicted molar refractivity (Wildman–Crippen MR) is 134 cm³/mol. The van der Waals surface area contributed by atoms with Gasteiger partial charge < -0.3 is 24.3 Å². The van der Waals surface area contributed by atoms with Crippen LogP contribution in [0.3, 0.4) is 0 Å². The zero-order valence-electron chi connectivity index (χ0n) is 19.2. The minimum atomic E-state index is -2.17. The highest BCUT2D eigenvalue weighted by molar-refractivity contribution is 7.62. The van der Waals surface area contributed by atoms with E-state index in [2.05, 4.69) is 25.3 Å². The summed E-state index contributed by atoms with van der Waals surface area (Å²) in [5.74, 6) is 1.22. The molecule has 34 heavy (non-hydrogen) atoms. The molecule has 1 fully saturated rings. The van der Waals surface area contributed by atoms with Crippen LogP contribution in [0.2, 0.25) is 5.02 Å². The summed E-state index contributed by atoms with van der Waals surface area (Å²) in [4.78, 5) is 11.0. The van der Waals surface area contributed by atoms with Crippen molar-refractivity contribution in [2.24, 2.45) is 0 Å². The number of fused-ring (bicyclic) bond motifs is 1. The Morgan fingerprint density at radius 2 is 1.97 bits per heavy atom.